The van der Waals surface area contributed by atoms with Crippen LogP contribution < -0.4 is 16.0 Å². The van der Waals surface area contributed by atoms with E-state index in [4.69, 9.17) is 5.73 Å². The number of nitrogens with one attached hydrogen (secondary N) is 1. The van der Waals surface area contributed by atoms with Gasteiger partial charge in [-0.1, -0.05) is 31.2 Å². The number of hydrogen-bond acceptors (Lipinski definition) is 5. The lowest BCUT2D eigenvalue weighted by atomic mass is 10.1. The second-order valence-electron chi connectivity index (χ2n) is 7.05. The van der Waals surface area contributed by atoms with E-state index in [0.717, 1.165) is 37.3 Å². The molecular weight excluding hydrogens is 350 g/mol. The Balaban J connectivity index is 1.58. The van der Waals surface area contributed by atoms with Gasteiger partial charge in [-0.2, -0.15) is 0 Å². The van der Waals surface area contributed by atoms with E-state index in [0.29, 0.717) is 23.3 Å². The van der Waals surface area contributed by atoms with Gasteiger partial charge >= 0.3 is 0 Å². The standard InChI is InChI=1S/C22H25N5O/c1-2-19-25-20-16(21(23)28)8-5-9-17(20)22(26-19)24-12-11-15-7-3-4-10-18(15)27-13-6-14-27/h3-5,7-10H,2,6,11-14H2,1H3,(H2,23,28)(H,24,25,26). The Bertz CT molecular complexity index is 1010. The zero-order valence-electron chi connectivity index (χ0n) is 16.1. The van der Waals surface area contributed by atoms with E-state index in [-0.39, 0.29) is 0 Å². The number of nitrogens with two attached hydrogens (primary N) is 1. The van der Waals surface area contributed by atoms with Crippen molar-refractivity contribution in [3.8, 4) is 0 Å². The van der Waals surface area contributed by atoms with Crippen molar-refractivity contribution >= 4 is 28.3 Å². The zero-order valence-corrected chi connectivity index (χ0v) is 16.1. The summed E-state index contributed by atoms with van der Waals surface area (Å²) in [6.45, 7) is 5.02. The van der Waals surface area contributed by atoms with Crippen LogP contribution >= 0.6 is 0 Å². The molecular formula is C22H25N5O. The third kappa shape index (κ3) is 3.50. The van der Waals surface area contributed by atoms with E-state index in [2.05, 4.69) is 44.5 Å². The molecule has 0 saturated carbocycles. The maximum Gasteiger partial charge on any atom is 0.250 e. The lowest BCUT2D eigenvalue weighted by Crippen LogP contribution is -2.37. The van der Waals surface area contributed by atoms with Gasteiger partial charge in [0.2, 0.25) is 0 Å². The average molecular weight is 375 g/mol. The van der Waals surface area contributed by atoms with Gasteiger partial charge in [-0.05, 0) is 36.6 Å². The van der Waals surface area contributed by atoms with Crippen LogP contribution in [0.25, 0.3) is 10.9 Å². The highest BCUT2D eigenvalue weighted by Gasteiger charge is 2.17. The molecule has 6 nitrogen and oxygen atoms in total. The molecule has 3 N–H and O–H groups in total. The molecule has 0 aliphatic carbocycles. The number of carbonyl (C=O) groups is 1. The lowest BCUT2D eigenvalue weighted by molar-refractivity contribution is 0.100. The Hall–Kier alpha value is -3.15. The minimum absolute atomic E-state index is 0.431. The average Bonchev–Trinajstić information content (AvgIpc) is 2.67. The van der Waals surface area contributed by atoms with Crippen molar-refractivity contribution in [2.24, 2.45) is 5.73 Å². The highest BCUT2D eigenvalue weighted by atomic mass is 16.1. The monoisotopic (exact) mass is 375 g/mol. The van der Waals surface area contributed by atoms with Crippen LogP contribution in [0.15, 0.2) is 42.5 Å². The number of carbonyl (C=O) groups excluding carboxylic acids is 1. The number of amides is 1. The number of rotatable bonds is 7. The molecule has 0 spiro atoms. The summed E-state index contributed by atoms with van der Waals surface area (Å²) in [5.74, 6) is 0.983. The van der Waals surface area contributed by atoms with Crippen LogP contribution in [0.5, 0.6) is 0 Å². The molecule has 1 fully saturated rings. The van der Waals surface area contributed by atoms with Gasteiger partial charge in [0, 0.05) is 37.1 Å². The zero-order chi connectivity index (χ0) is 19.5. The van der Waals surface area contributed by atoms with Gasteiger partial charge in [-0.15, -0.1) is 0 Å². The normalized spacial score (nSPS) is 13.4. The number of primary amides is 1. The van der Waals surface area contributed by atoms with Gasteiger partial charge in [0.25, 0.3) is 5.91 Å². The third-order valence-corrected chi connectivity index (χ3v) is 5.23. The van der Waals surface area contributed by atoms with Crippen LogP contribution in [-0.4, -0.2) is 35.5 Å². The Morgan fingerprint density at radius 1 is 1.14 bits per heavy atom. The minimum Gasteiger partial charge on any atom is -0.371 e. The van der Waals surface area contributed by atoms with E-state index in [9.17, 15) is 4.79 Å². The number of anilines is 2. The van der Waals surface area contributed by atoms with Crippen LogP contribution in [0.4, 0.5) is 11.5 Å². The highest BCUT2D eigenvalue weighted by molar-refractivity contribution is 6.07. The molecule has 0 atom stereocenters. The van der Waals surface area contributed by atoms with Gasteiger partial charge in [0.1, 0.15) is 11.6 Å². The lowest BCUT2D eigenvalue weighted by Gasteiger charge is -2.34. The first-order valence-electron chi connectivity index (χ1n) is 9.83. The Labute approximate surface area is 164 Å². The molecule has 144 valence electrons. The first kappa shape index (κ1) is 18.2. The van der Waals surface area contributed by atoms with E-state index < -0.39 is 5.91 Å². The molecule has 3 aromatic rings. The summed E-state index contributed by atoms with van der Waals surface area (Å²) in [6.07, 6.45) is 2.85. The number of hydrogen-bond donors (Lipinski definition) is 2. The van der Waals surface area contributed by atoms with Crippen molar-refractivity contribution < 1.29 is 4.79 Å². The molecule has 4 rings (SSSR count). The molecule has 2 aromatic carbocycles. The molecule has 0 unspecified atom stereocenters. The number of aromatic nitrogens is 2. The molecule has 0 radical (unpaired) electrons. The quantitative estimate of drug-likeness (QED) is 0.663. The van der Waals surface area contributed by atoms with Gasteiger partial charge < -0.3 is 16.0 Å². The van der Waals surface area contributed by atoms with Crippen LogP contribution in [0.3, 0.4) is 0 Å². The number of aryl methyl sites for hydroxylation is 1. The molecule has 1 amide bonds. The van der Waals surface area contributed by atoms with Crippen LogP contribution in [0.1, 0.15) is 35.1 Å². The molecule has 28 heavy (non-hydrogen) atoms. The Morgan fingerprint density at radius 3 is 2.68 bits per heavy atom. The Morgan fingerprint density at radius 2 is 1.96 bits per heavy atom. The Kier molecular flexibility index (Phi) is 5.10. The maximum atomic E-state index is 11.8. The van der Waals surface area contributed by atoms with Crippen LogP contribution in [0.2, 0.25) is 0 Å². The van der Waals surface area contributed by atoms with E-state index in [1.807, 2.05) is 19.1 Å². The second kappa shape index (κ2) is 7.84. The van der Waals surface area contributed by atoms with Crippen molar-refractivity contribution in [1.82, 2.24) is 9.97 Å². The van der Waals surface area contributed by atoms with E-state index in [1.54, 1.807) is 6.07 Å². The predicted molar refractivity (Wildman–Crippen MR) is 113 cm³/mol. The van der Waals surface area contributed by atoms with Crippen molar-refractivity contribution in [2.45, 2.75) is 26.2 Å². The maximum absolute atomic E-state index is 11.8. The molecule has 2 heterocycles. The topological polar surface area (TPSA) is 84.1 Å². The summed E-state index contributed by atoms with van der Waals surface area (Å²) >= 11 is 0. The predicted octanol–water partition coefficient (Wildman–Crippen LogP) is 3.16. The van der Waals surface area contributed by atoms with Gasteiger partial charge in [-0.25, -0.2) is 9.97 Å². The molecule has 0 bridgehead atoms. The summed E-state index contributed by atoms with van der Waals surface area (Å²) in [5, 5.41) is 4.28. The van der Waals surface area contributed by atoms with Crippen molar-refractivity contribution in [3.05, 3.63) is 59.4 Å². The summed E-state index contributed by atoms with van der Waals surface area (Å²) in [4.78, 5) is 23.4. The smallest absolute Gasteiger partial charge is 0.250 e. The molecule has 1 aliphatic rings. The first-order valence-corrected chi connectivity index (χ1v) is 9.83. The third-order valence-electron chi connectivity index (χ3n) is 5.23. The largest absolute Gasteiger partial charge is 0.371 e. The number of fused-ring (bicyclic) bond motifs is 1. The van der Waals surface area contributed by atoms with Crippen LogP contribution in [-0.2, 0) is 12.8 Å². The molecule has 6 heteroatoms. The molecule has 1 saturated heterocycles. The van der Waals surface area contributed by atoms with Crippen molar-refractivity contribution in [1.29, 1.82) is 0 Å². The fourth-order valence-corrected chi connectivity index (χ4v) is 3.59. The molecule has 1 aliphatic heterocycles. The van der Waals surface area contributed by atoms with Crippen molar-refractivity contribution in [3.63, 3.8) is 0 Å². The fraction of sp³-hybridized carbons (Fsp3) is 0.318. The minimum atomic E-state index is -0.472. The summed E-state index contributed by atoms with van der Waals surface area (Å²) < 4.78 is 0. The van der Waals surface area contributed by atoms with Gasteiger partial charge in [0.15, 0.2) is 0 Å². The van der Waals surface area contributed by atoms with Crippen LogP contribution in [0, 0.1) is 0 Å². The first-order chi connectivity index (χ1) is 13.7. The summed E-state index contributed by atoms with van der Waals surface area (Å²) in [6, 6.07) is 14.0. The van der Waals surface area contributed by atoms with E-state index >= 15 is 0 Å². The van der Waals surface area contributed by atoms with E-state index in [1.165, 1.54) is 17.7 Å². The highest BCUT2D eigenvalue weighted by Crippen LogP contribution is 2.26. The van der Waals surface area contributed by atoms with Gasteiger partial charge in [-0.3, -0.25) is 4.79 Å². The van der Waals surface area contributed by atoms with Crippen molar-refractivity contribution in [2.75, 3.05) is 29.9 Å². The van der Waals surface area contributed by atoms with Gasteiger partial charge in [0.05, 0.1) is 11.1 Å². The summed E-state index contributed by atoms with van der Waals surface area (Å²) in [5.41, 5.74) is 9.25. The second-order valence-corrected chi connectivity index (χ2v) is 7.05. The number of para-hydroxylation sites is 2. The fourth-order valence-electron chi connectivity index (χ4n) is 3.59. The number of nitrogens with zero attached hydrogens (tertiary/aromatic N) is 3. The number of benzene rings is 2. The summed E-state index contributed by atoms with van der Waals surface area (Å²) in [7, 11) is 0. The SMILES string of the molecule is CCc1nc(NCCc2ccccc2N2CCC2)c2cccc(C(N)=O)c2n1. The molecule has 1 aromatic heterocycles.